The van der Waals surface area contributed by atoms with E-state index in [2.05, 4.69) is 0 Å². The minimum atomic E-state index is 0.633. The van der Waals surface area contributed by atoms with Crippen molar-refractivity contribution < 1.29 is 9.47 Å². The summed E-state index contributed by atoms with van der Waals surface area (Å²) in [5.41, 5.74) is 0. The first-order valence-electron chi connectivity index (χ1n) is 6.21. The largest absolute Gasteiger partial charge is 0.497 e. The molecule has 2 rings (SSSR count). The normalized spacial score (nSPS) is 10.7. The van der Waals surface area contributed by atoms with E-state index >= 15 is 0 Å². The van der Waals surface area contributed by atoms with E-state index in [1.807, 2.05) is 30.3 Å². The van der Waals surface area contributed by atoms with Crippen LogP contribution in [0.1, 0.15) is 12.8 Å². The maximum absolute atomic E-state index is 6.36. The van der Waals surface area contributed by atoms with Gasteiger partial charge in [0, 0.05) is 11.3 Å². The standard InChI is InChI=1S/C15H16Cl2O2/c1-18-12-5-6-13-11(10-12)4-7-14(15(13)17)19-9-3-2-8-16/h4-7,10H,2-3,8-9H2,1H3. The molecular weight excluding hydrogens is 283 g/mol. The average Bonchev–Trinajstić information content (AvgIpc) is 2.45. The van der Waals surface area contributed by atoms with Gasteiger partial charge in [-0.05, 0) is 42.5 Å². The fourth-order valence-electron chi connectivity index (χ4n) is 1.87. The number of alkyl halides is 1. The summed E-state index contributed by atoms with van der Waals surface area (Å²) >= 11 is 12.0. The highest BCUT2D eigenvalue weighted by Crippen LogP contribution is 2.34. The van der Waals surface area contributed by atoms with Gasteiger partial charge in [-0.15, -0.1) is 11.6 Å². The third kappa shape index (κ3) is 3.46. The molecule has 0 fully saturated rings. The number of fused-ring (bicyclic) bond motifs is 1. The summed E-state index contributed by atoms with van der Waals surface area (Å²) in [6, 6.07) is 9.68. The van der Waals surface area contributed by atoms with E-state index in [9.17, 15) is 0 Å². The monoisotopic (exact) mass is 298 g/mol. The Morgan fingerprint density at radius 3 is 2.68 bits per heavy atom. The second kappa shape index (κ2) is 6.88. The molecule has 0 radical (unpaired) electrons. The molecule has 0 bridgehead atoms. The van der Waals surface area contributed by atoms with Gasteiger partial charge in [-0.2, -0.15) is 0 Å². The second-order valence-corrected chi connectivity index (χ2v) is 4.97. The molecule has 0 aliphatic carbocycles. The zero-order chi connectivity index (χ0) is 13.7. The van der Waals surface area contributed by atoms with Crippen molar-refractivity contribution in [3.8, 4) is 11.5 Å². The van der Waals surface area contributed by atoms with Crippen molar-refractivity contribution >= 4 is 34.0 Å². The maximum Gasteiger partial charge on any atom is 0.138 e. The molecule has 0 aliphatic rings. The van der Waals surface area contributed by atoms with E-state index in [1.165, 1.54) is 0 Å². The number of halogens is 2. The van der Waals surface area contributed by atoms with Crippen LogP contribution in [0.2, 0.25) is 5.02 Å². The second-order valence-electron chi connectivity index (χ2n) is 4.21. The topological polar surface area (TPSA) is 18.5 Å². The molecule has 0 N–H and O–H groups in total. The highest BCUT2D eigenvalue weighted by Gasteiger charge is 2.07. The Balaban J connectivity index is 2.20. The lowest BCUT2D eigenvalue weighted by atomic mass is 10.1. The van der Waals surface area contributed by atoms with E-state index in [0.717, 1.165) is 29.4 Å². The molecule has 2 aromatic carbocycles. The van der Waals surface area contributed by atoms with E-state index in [1.54, 1.807) is 7.11 Å². The molecule has 4 heteroatoms. The minimum absolute atomic E-state index is 0.633. The molecule has 0 unspecified atom stereocenters. The van der Waals surface area contributed by atoms with Crippen LogP contribution < -0.4 is 9.47 Å². The van der Waals surface area contributed by atoms with Gasteiger partial charge in [0.1, 0.15) is 11.5 Å². The smallest absolute Gasteiger partial charge is 0.138 e. The highest BCUT2D eigenvalue weighted by molar-refractivity contribution is 6.37. The third-order valence-electron chi connectivity index (χ3n) is 2.91. The molecule has 102 valence electrons. The first-order chi connectivity index (χ1) is 9.26. The van der Waals surface area contributed by atoms with Crippen molar-refractivity contribution in [2.24, 2.45) is 0 Å². The fraction of sp³-hybridized carbons (Fsp3) is 0.333. The van der Waals surface area contributed by atoms with Gasteiger partial charge in [-0.1, -0.05) is 17.7 Å². The van der Waals surface area contributed by atoms with Gasteiger partial charge >= 0.3 is 0 Å². The van der Waals surface area contributed by atoms with Gasteiger partial charge in [0.25, 0.3) is 0 Å². The molecule has 0 spiro atoms. The van der Waals surface area contributed by atoms with Crippen LogP contribution in [0, 0.1) is 0 Å². The molecular formula is C15H16Cl2O2. The van der Waals surface area contributed by atoms with Crippen molar-refractivity contribution in [2.45, 2.75) is 12.8 Å². The third-order valence-corrected chi connectivity index (χ3v) is 3.57. The Hall–Kier alpha value is -1.12. The Labute approximate surface area is 123 Å². The number of rotatable bonds is 6. The average molecular weight is 299 g/mol. The van der Waals surface area contributed by atoms with E-state index in [4.69, 9.17) is 32.7 Å². The quantitative estimate of drug-likeness (QED) is 0.558. The first-order valence-corrected chi connectivity index (χ1v) is 7.12. The van der Waals surface area contributed by atoms with E-state index < -0.39 is 0 Å². The van der Waals surface area contributed by atoms with Crippen molar-refractivity contribution in [1.29, 1.82) is 0 Å². The lowest BCUT2D eigenvalue weighted by molar-refractivity contribution is 0.310. The first kappa shape index (κ1) is 14.3. The van der Waals surface area contributed by atoms with Crippen molar-refractivity contribution in [1.82, 2.24) is 0 Å². The molecule has 19 heavy (non-hydrogen) atoms. The van der Waals surface area contributed by atoms with Crippen LogP contribution in [0.25, 0.3) is 10.8 Å². The lowest BCUT2D eigenvalue weighted by Gasteiger charge is -2.10. The zero-order valence-electron chi connectivity index (χ0n) is 10.8. The molecule has 0 saturated carbocycles. The van der Waals surface area contributed by atoms with Crippen LogP contribution in [0.4, 0.5) is 0 Å². The van der Waals surface area contributed by atoms with Gasteiger partial charge in [-0.3, -0.25) is 0 Å². The van der Waals surface area contributed by atoms with Crippen molar-refractivity contribution in [2.75, 3.05) is 19.6 Å². The number of unbranched alkanes of at least 4 members (excludes halogenated alkanes) is 1. The Morgan fingerprint density at radius 2 is 1.95 bits per heavy atom. The van der Waals surface area contributed by atoms with Crippen molar-refractivity contribution in [3.63, 3.8) is 0 Å². The highest BCUT2D eigenvalue weighted by atomic mass is 35.5. The summed E-state index contributed by atoms with van der Waals surface area (Å²) in [7, 11) is 1.65. The summed E-state index contributed by atoms with van der Waals surface area (Å²) in [5, 5.41) is 2.65. The maximum atomic E-state index is 6.36. The molecule has 2 nitrogen and oxygen atoms in total. The zero-order valence-corrected chi connectivity index (χ0v) is 12.3. The van der Waals surface area contributed by atoms with Gasteiger partial charge in [0.15, 0.2) is 0 Å². The Kier molecular flexibility index (Phi) is 5.17. The molecule has 0 aliphatic heterocycles. The minimum Gasteiger partial charge on any atom is -0.497 e. The lowest BCUT2D eigenvalue weighted by Crippen LogP contribution is -1.98. The summed E-state index contributed by atoms with van der Waals surface area (Å²) in [6.45, 7) is 0.633. The van der Waals surface area contributed by atoms with Gasteiger partial charge in [-0.25, -0.2) is 0 Å². The molecule has 0 heterocycles. The Morgan fingerprint density at radius 1 is 1.11 bits per heavy atom. The Bertz CT molecular complexity index is 555. The van der Waals surface area contributed by atoms with E-state index in [0.29, 0.717) is 23.3 Å². The van der Waals surface area contributed by atoms with Gasteiger partial charge < -0.3 is 9.47 Å². The summed E-state index contributed by atoms with van der Waals surface area (Å²) in [5.74, 6) is 2.20. The van der Waals surface area contributed by atoms with Crippen LogP contribution in [0.15, 0.2) is 30.3 Å². The van der Waals surface area contributed by atoms with Gasteiger partial charge in [0.05, 0.1) is 18.7 Å². The fourth-order valence-corrected chi connectivity index (χ4v) is 2.35. The number of hydrogen-bond donors (Lipinski definition) is 0. The molecule has 0 amide bonds. The van der Waals surface area contributed by atoms with Crippen LogP contribution >= 0.6 is 23.2 Å². The summed E-state index contributed by atoms with van der Waals surface area (Å²) < 4.78 is 10.9. The predicted molar refractivity (Wildman–Crippen MR) is 81.0 cm³/mol. The van der Waals surface area contributed by atoms with E-state index in [-0.39, 0.29) is 0 Å². The summed E-state index contributed by atoms with van der Waals surface area (Å²) in [4.78, 5) is 0. The van der Waals surface area contributed by atoms with Gasteiger partial charge in [0.2, 0.25) is 0 Å². The van der Waals surface area contributed by atoms with Crippen LogP contribution in [0.3, 0.4) is 0 Å². The predicted octanol–water partition coefficient (Wildman–Crippen LogP) is 4.90. The van der Waals surface area contributed by atoms with Crippen LogP contribution in [-0.4, -0.2) is 19.6 Å². The number of ether oxygens (including phenoxy) is 2. The SMILES string of the molecule is COc1ccc2c(Cl)c(OCCCCCl)ccc2c1. The summed E-state index contributed by atoms with van der Waals surface area (Å²) in [6.07, 6.45) is 1.88. The number of hydrogen-bond acceptors (Lipinski definition) is 2. The molecule has 2 aromatic rings. The molecule has 0 atom stereocenters. The van der Waals surface area contributed by atoms with Crippen LogP contribution in [0.5, 0.6) is 11.5 Å². The number of methoxy groups -OCH3 is 1. The number of benzene rings is 2. The van der Waals surface area contributed by atoms with Crippen LogP contribution in [-0.2, 0) is 0 Å². The molecule has 0 saturated heterocycles. The van der Waals surface area contributed by atoms with Crippen molar-refractivity contribution in [3.05, 3.63) is 35.4 Å². The molecule has 0 aromatic heterocycles.